The number of methoxy groups -OCH3 is 1. The average molecular weight is 283 g/mol. The molecule has 0 saturated carbocycles. The highest BCUT2D eigenvalue weighted by Crippen LogP contribution is 2.08. The molecule has 0 aliphatic rings. The van der Waals surface area contributed by atoms with Gasteiger partial charge in [0.15, 0.2) is 0 Å². The normalized spacial score (nSPS) is 8.55. The number of ether oxygens (including phenoxy) is 1. The van der Waals surface area contributed by atoms with Crippen molar-refractivity contribution in [3.8, 4) is 5.88 Å². The van der Waals surface area contributed by atoms with Crippen LogP contribution in [0.1, 0.15) is 5.56 Å². The van der Waals surface area contributed by atoms with E-state index in [1.807, 2.05) is 12.1 Å². The van der Waals surface area contributed by atoms with Crippen LogP contribution in [-0.2, 0) is 5.33 Å². The number of aromatic nitrogens is 1. The zero-order chi connectivity index (χ0) is 7.40. The Labute approximate surface area is 84.9 Å². The maximum absolute atomic E-state index is 4.89. The molecular weight excluding hydrogens is 274 g/mol. The first-order valence-corrected chi connectivity index (χ1v) is 4.04. The number of hydrogen-bond donors (Lipinski definition) is 0. The number of hydrogen-bond acceptors (Lipinski definition) is 2. The van der Waals surface area contributed by atoms with Crippen molar-refractivity contribution in [3.05, 3.63) is 23.9 Å². The molecule has 0 atom stereocenters. The summed E-state index contributed by atoms with van der Waals surface area (Å²) in [5.41, 5.74) is 1.15. The van der Waals surface area contributed by atoms with Crippen LogP contribution in [0.15, 0.2) is 18.3 Å². The summed E-state index contributed by atoms with van der Waals surface area (Å²) in [4.78, 5) is 4.02. The first kappa shape index (κ1) is 10.9. The molecule has 0 fully saturated rings. The Morgan fingerprint density at radius 2 is 2.27 bits per heavy atom. The van der Waals surface area contributed by atoms with Crippen molar-refractivity contribution in [2.45, 2.75) is 5.33 Å². The first-order chi connectivity index (χ1) is 4.86. The molecule has 0 spiro atoms. The van der Waals surface area contributed by atoms with E-state index in [9.17, 15) is 0 Å². The van der Waals surface area contributed by atoms with E-state index < -0.39 is 0 Å². The fraction of sp³-hybridized carbons (Fsp3) is 0.286. The van der Waals surface area contributed by atoms with Crippen LogP contribution in [0.5, 0.6) is 5.88 Å². The third kappa shape index (κ3) is 3.20. The van der Waals surface area contributed by atoms with Crippen LogP contribution in [0.3, 0.4) is 0 Å². The van der Waals surface area contributed by atoms with Gasteiger partial charge < -0.3 is 4.74 Å². The molecule has 0 aliphatic carbocycles. The van der Waals surface area contributed by atoms with E-state index in [0.29, 0.717) is 5.88 Å². The number of nitrogens with zero attached hydrogens (tertiary/aromatic N) is 1. The smallest absolute Gasteiger partial charge is 0.212 e. The second-order valence-corrected chi connectivity index (χ2v) is 2.40. The van der Waals surface area contributed by atoms with Gasteiger partial charge in [0.25, 0.3) is 0 Å². The van der Waals surface area contributed by atoms with E-state index in [1.165, 1.54) is 0 Å². The summed E-state index contributed by atoms with van der Waals surface area (Å²) < 4.78 is 4.89. The van der Waals surface area contributed by atoms with Crippen molar-refractivity contribution in [3.63, 3.8) is 0 Å². The molecule has 11 heavy (non-hydrogen) atoms. The predicted molar refractivity (Wildman–Crippen MR) is 53.7 cm³/mol. The predicted octanol–water partition coefficient (Wildman–Crippen LogP) is 2.56. The van der Waals surface area contributed by atoms with Crippen LogP contribution < -0.4 is 4.74 Å². The van der Waals surface area contributed by atoms with E-state index >= 15 is 0 Å². The molecule has 4 heteroatoms. The van der Waals surface area contributed by atoms with Crippen LogP contribution >= 0.6 is 32.9 Å². The summed E-state index contributed by atoms with van der Waals surface area (Å²) in [6.45, 7) is 0. The largest absolute Gasteiger partial charge is 0.481 e. The highest BCUT2D eigenvalue weighted by molar-refractivity contribution is 9.08. The summed E-state index contributed by atoms with van der Waals surface area (Å²) in [6.07, 6.45) is 1.79. The molecule has 0 radical (unpaired) electrons. The molecule has 1 heterocycles. The van der Waals surface area contributed by atoms with Gasteiger partial charge in [-0.25, -0.2) is 4.98 Å². The van der Waals surface area contributed by atoms with Crippen molar-refractivity contribution in [1.29, 1.82) is 0 Å². The van der Waals surface area contributed by atoms with E-state index in [0.717, 1.165) is 10.9 Å². The molecule has 0 aromatic carbocycles. The van der Waals surface area contributed by atoms with Gasteiger partial charge in [0.1, 0.15) is 0 Å². The average Bonchev–Trinajstić information content (AvgIpc) is 2.05. The lowest BCUT2D eigenvalue weighted by molar-refractivity contribution is 0.397. The minimum Gasteiger partial charge on any atom is -0.481 e. The Morgan fingerprint density at radius 1 is 1.55 bits per heavy atom. The van der Waals surface area contributed by atoms with E-state index in [1.54, 1.807) is 13.3 Å². The zero-order valence-corrected chi connectivity index (χ0v) is 9.38. The lowest BCUT2D eigenvalue weighted by Gasteiger charge is -1.97. The Morgan fingerprint density at radius 3 is 2.64 bits per heavy atom. The van der Waals surface area contributed by atoms with Crippen LogP contribution in [0, 0.1) is 0 Å². The second kappa shape index (κ2) is 5.55. The molecule has 0 saturated heterocycles. The van der Waals surface area contributed by atoms with Gasteiger partial charge in [-0.05, 0) is 5.56 Å². The van der Waals surface area contributed by atoms with E-state index in [4.69, 9.17) is 4.74 Å². The summed E-state index contributed by atoms with van der Waals surface area (Å²) in [7, 11) is 1.61. The molecule has 0 amide bonds. The summed E-state index contributed by atoms with van der Waals surface area (Å²) in [6, 6.07) is 3.82. The van der Waals surface area contributed by atoms with Gasteiger partial charge in [0, 0.05) is 17.6 Å². The van der Waals surface area contributed by atoms with Gasteiger partial charge in [0.05, 0.1) is 7.11 Å². The fourth-order valence-electron chi connectivity index (χ4n) is 0.611. The lowest BCUT2D eigenvalue weighted by Crippen LogP contribution is -1.87. The Hall–Kier alpha value is -0.0900. The Kier molecular flexibility index (Phi) is 5.50. The minimum absolute atomic E-state index is 0. The van der Waals surface area contributed by atoms with Crippen molar-refractivity contribution in [1.82, 2.24) is 4.98 Å². The maximum Gasteiger partial charge on any atom is 0.212 e. The van der Waals surface area contributed by atoms with Gasteiger partial charge >= 0.3 is 0 Å². The summed E-state index contributed by atoms with van der Waals surface area (Å²) >= 11 is 3.32. The van der Waals surface area contributed by atoms with Crippen molar-refractivity contribution >= 4 is 32.9 Å². The molecule has 1 aromatic heterocycles. The van der Waals surface area contributed by atoms with Crippen molar-refractivity contribution < 1.29 is 4.74 Å². The van der Waals surface area contributed by atoms with Crippen molar-refractivity contribution in [2.24, 2.45) is 0 Å². The van der Waals surface area contributed by atoms with Gasteiger partial charge in [0.2, 0.25) is 5.88 Å². The summed E-state index contributed by atoms with van der Waals surface area (Å²) in [5.74, 6) is 0.657. The number of halogens is 2. The zero-order valence-electron chi connectivity index (χ0n) is 6.08. The van der Waals surface area contributed by atoms with Gasteiger partial charge in [-0.15, -0.1) is 17.0 Å². The second-order valence-electron chi connectivity index (χ2n) is 1.84. The van der Waals surface area contributed by atoms with Gasteiger partial charge in [-0.2, -0.15) is 0 Å². The molecule has 1 rings (SSSR count). The van der Waals surface area contributed by atoms with E-state index in [2.05, 4.69) is 20.9 Å². The van der Waals surface area contributed by atoms with Crippen LogP contribution in [0.25, 0.3) is 0 Å². The molecule has 0 N–H and O–H groups in total. The first-order valence-electron chi connectivity index (χ1n) is 2.91. The molecule has 0 aliphatic heterocycles. The molecule has 0 unspecified atom stereocenters. The number of rotatable bonds is 2. The highest BCUT2D eigenvalue weighted by atomic mass is 79.9. The Bertz CT molecular complexity index is 177. The Balaban J connectivity index is 0.000001000. The SMILES string of the molecule is Br.COc1ccc(CBr)cn1. The molecule has 0 bridgehead atoms. The molecule has 62 valence electrons. The third-order valence-corrected chi connectivity index (χ3v) is 1.81. The monoisotopic (exact) mass is 281 g/mol. The fourth-order valence-corrected chi connectivity index (χ4v) is 0.942. The van der Waals surface area contributed by atoms with Crippen LogP contribution in [0.4, 0.5) is 0 Å². The third-order valence-electron chi connectivity index (χ3n) is 1.16. The summed E-state index contributed by atoms with van der Waals surface area (Å²) in [5, 5.41) is 0.837. The minimum atomic E-state index is 0. The number of alkyl halides is 1. The lowest BCUT2D eigenvalue weighted by atomic mass is 10.3. The molecule has 2 nitrogen and oxygen atoms in total. The van der Waals surface area contributed by atoms with E-state index in [-0.39, 0.29) is 17.0 Å². The van der Waals surface area contributed by atoms with Gasteiger partial charge in [-0.3, -0.25) is 0 Å². The molecular formula is C7H9Br2NO. The number of pyridine rings is 1. The highest BCUT2D eigenvalue weighted by Gasteiger charge is 1.91. The van der Waals surface area contributed by atoms with Gasteiger partial charge in [-0.1, -0.05) is 22.0 Å². The molecule has 1 aromatic rings. The standard InChI is InChI=1S/C7H8BrNO.BrH/c1-10-7-3-2-6(4-8)5-9-7;/h2-3,5H,4H2,1H3;1H. The van der Waals surface area contributed by atoms with Crippen LogP contribution in [0.2, 0.25) is 0 Å². The quantitative estimate of drug-likeness (QED) is 0.778. The topological polar surface area (TPSA) is 22.1 Å². The van der Waals surface area contributed by atoms with Crippen LogP contribution in [-0.4, -0.2) is 12.1 Å². The van der Waals surface area contributed by atoms with Crippen molar-refractivity contribution in [2.75, 3.05) is 7.11 Å². The maximum atomic E-state index is 4.89.